The van der Waals surface area contributed by atoms with E-state index in [0.29, 0.717) is 0 Å². The molecule has 0 N–H and O–H groups in total. The molecule has 3 radical (unpaired) electrons. The second-order valence-electron chi connectivity index (χ2n) is 5.18. The molecular weight excluding hydrogens is 605 g/mol. The molecule has 0 unspecified atom stereocenters. The first-order chi connectivity index (χ1) is 11.9. The summed E-state index contributed by atoms with van der Waals surface area (Å²) in [4.78, 5) is 1.92. The van der Waals surface area contributed by atoms with Crippen LogP contribution in [0.5, 0.6) is 0 Å². The van der Waals surface area contributed by atoms with Gasteiger partial charge in [0, 0.05) is 98.1 Å². The minimum atomic E-state index is 0. The Morgan fingerprint density at radius 1 is 0.516 bits per heavy atom. The van der Waals surface area contributed by atoms with Gasteiger partial charge in [0.25, 0.3) is 0 Å². The van der Waals surface area contributed by atoms with Crippen LogP contribution in [0.15, 0.2) is 54.6 Å². The molecule has 4 heteroatoms. The molecule has 3 aromatic carbocycles. The van der Waals surface area contributed by atoms with Crippen LogP contribution in [0.4, 0.5) is 17.1 Å². The number of unbranched alkanes of at least 4 members (excludes halogenated alkanes) is 2. The van der Waals surface area contributed by atoms with E-state index in [1.54, 1.807) is 0 Å². The van der Waals surface area contributed by atoms with E-state index in [-0.39, 0.29) is 128 Å². The van der Waals surface area contributed by atoms with Gasteiger partial charge in [-0.3, -0.25) is 54.6 Å². The first kappa shape index (κ1) is 45.3. The van der Waals surface area contributed by atoms with E-state index in [9.17, 15) is 0 Å². The van der Waals surface area contributed by atoms with Gasteiger partial charge in [-0.05, 0) is 0 Å². The normalized spacial score (nSPS) is 7.55. The standard InChI is InChI=1S/C18H9N.C5H12.4CH4.3Y/c1-4-10-16(11-5-1)19(17-12-6-2-7-13-17)18-14-8-3-9-15-18;1-3-5-4-2;;;;;;;/h1-9H;3-5H2,1-2H3;4*1H4;;;/q-6;;;;;;;;. The average Bonchev–Trinajstić information content (AvgIpc) is 2.66. The zero-order valence-corrected chi connectivity index (χ0v) is 24.5. The van der Waals surface area contributed by atoms with Gasteiger partial charge in [0.2, 0.25) is 0 Å². The molecule has 0 aliphatic heterocycles. The van der Waals surface area contributed by atoms with Crippen molar-refractivity contribution in [1.82, 2.24) is 0 Å². The van der Waals surface area contributed by atoms with Crippen molar-refractivity contribution in [2.75, 3.05) is 4.90 Å². The summed E-state index contributed by atoms with van der Waals surface area (Å²) in [5, 5.41) is 0. The van der Waals surface area contributed by atoms with Crippen LogP contribution in [0.2, 0.25) is 0 Å². The molecule has 0 atom stereocenters. The largest absolute Gasteiger partial charge is 0.452 e. The van der Waals surface area contributed by atoms with Gasteiger partial charge in [-0.25, -0.2) is 17.1 Å². The van der Waals surface area contributed by atoms with Gasteiger partial charge in [-0.2, -0.15) is 0 Å². The van der Waals surface area contributed by atoms with Crippen LogP contribution >= 0.6 is 0 Å². The monoisotopic (exact) mass is 642 g/mol. The van der Waals surface area contributed by atoms with Crippen molar-refractivity contribution < 1.29 is 98.1 Å². The zero-order valence-electron chi connectivity index (χ0n) is 16.0. The smallest absolute Gasteiger partial charge is 0 e. The maximum Gasteiger partial charge on any atom is 0 e. The molecule has 0 aliphatic rings. The van der Waals surface area contributed by atoms with Gasteiger partial charge < -0.3 is 41.3 Å². The first-order valence-electron chi connectivity index (χ1n) is 8.32. The van der Waals surface area contributed by atoms with Crippen molar-refractivity contribution in [2.24, 2.45) is 0 Å². The van der Waals surface area contributed by atoms with Crippen LogP contribution in [0.1, 0.15) is 62.8 Å². The van der Waals surface area contributed by atoms with Crippen LogP contribution < -0.4 is 4.90 Å². The summed E-state index contributed by atoms with van der Waals surface area (Å²) in [6.07, 6.45) is 4.08. The van der Waals surface area contributed by atoms with Crippen molar-refractivity contribution in [3.05, 3.63) is 91.0 Å². The molecule has 0 saturated carbocycles. The molecular formula is C27H37NY3-6. The Balaban J connectivity index is -0.000000119. The third-order valence-electron chi connectivity index (χ3n) is 3.28. The second kappa shape index (κ2) is 28.8. The maximum absolute atomic E-state index is 3.16. The topological polar surface area (TPSA) is 3.24 Å². The summed E-state index contributed by atoms with van der Waals surface area (Å²) in [6.45, 7) is 4.42. The third kappa shape index (κ3) is 16.9. The molecule has 3 rings (SSSR count). The van der Waals surface area contributed by atoms with Crippen LogP contribution in [-0.2, 0) is 98.1 Å². The molecule has 0 spiro atoms. The van der Waals surface area contributed by atoms with Crippen molar-refractivity contribution in [2.45, 2.75) is 62.8 Å². The average molecular weight is 642 g/mol. The molecule has 31 heavy (non-hydrogen) atoms. The van der Waals surface area contributed by atoms with Crippen molar-refractivity contribution in [3.63, 3.8) is 0 Å². The van der Waals surface area contributed by atoms with Gasteiger partial charge in [0.15, 0.2) is 0 Å². The third-order valence-corrected chi connectivity index (χ3v) is 3.28. The number of para-hydroxylation sites is 3. The number of rotatable bonds is 5. The minimum Gasteiger partial charge on any atom is -0.452 e. The number of benzene rings is 3. The van der Waals surface area contributed by atoms with E-state index in [2.05, 4.69) is 50.2 Å². The predicted octanol–water partition coefficient (Wildman–Crippen LogP) is 8.69. The molecule has 0 amide bonds. The van der Waals surface area contributed by atoms with E-state index in [1.807, 2.05) is 59.5 Å². The van der Waals surface area contributed by atoms with Gasteiger partial charge in [0.1, 0.15) is 0 Å². The minimum absolute atomic E-state index is 0. The summed E-state index contributed by atoms with van der Waals surface area (Å²) in [5.41, 5.74) is 2.37. The summed E-state index contributed by atoms with van der Waals surface area (Å²) in [6, 6.07) is 35.7. The fraction of sp³-hybridized carbons (Fsp3) is 0.333. The molecule has 0 bridgehead atoms. The van der Waals surface area contributed by atoms with E-state index in [1.165, 1.54) is 19.3 Å². The van der Waals surface area contributed by atoms with Gasteiger partial charge >= 0.3 is 0 Å². The molecule has 0 aromatic heterocycles. The summed E-state index contributed by atoms with van der Waals surface area (Å²) >= 11 is 0. The van der Waals surface area contributed by atoms with Crippen LogP contribution in [-0.4, -0.2) is 0 Å². The summed E-state index contributed by atoms with van der Waals surface area (Å²) < 4.78 is 0. The van der Waals surface area contributed by atoms with Crippen LogP contribution in [0.3, 0.4) is 0 Å². The molecule has 0 fully saturated rings. The van der Waals surface area contributed by atoms with Gasteiger partial charge in [-0.1, -0.05) is 62.8 Å². The predicted molar refractivity (Wildman–Crippen MR) is 126 cm³/mol. The van der Waals surface area contributed by atoms with Crippen molar-refractivity contribution >= 4 is 17.1 Å². The van der Waals surface area contributed by atoms with E-state index < -0.39 is 0 Å². The summed E-state index contributed by atoms with van der Waals surface area (Å²) in [7, 11) is 0. The Morgan fingerprint density at radius 3 is 0.903 bits per heavy atom. The zero-order chi connectivity index (χ0) is 17.0. The van der Waals surface area contributed by atoms with Crippen LogP contribution in [0, 0.1) is 36.4 Å². The molecule has 0 saturated heterocycles. The first-order valence-corrected chi connectivity index (χ1v) is 8.32. The Kier molecular flexibility index (Phi) is 42.1. The van der Waals surface area contributed by atoms with E-state index in [4.69, 9.17) is 0 Å². The Labute approximate surface area is 270 Å². The van der Waals surface area contributed by atoms with Crippen molar-refractivity contribution in [1.29, 1.82) is 0 Å². The molecule has 3 aromatic rings. The SMILES string of the molecule is C.C.C.C.CCCCC.[Y].[Y].[Y].[c-]1ccc[c-]c1N(c1[c-]ccc[c-]1)c1[c-]ccc[c-]1. The van der Waals surface area contributed by atoms with Crippen molar-refractivity contribution in [3.8, 4) is 0 Å². The van der Waals surface area contributed by atoms with E-state index in [0.717, 1.165) is 17.1 Å². The Hall–Kier alpha value is 0.772. The number of hydrogen-bond donors (Lipinski definition) is 0. The van der Waals surface area contributed by atoms with Crippen LogP contribution in [0.25, 0.3) is 0 Å². The molecule has 0 heterocycles. The summed E-state index contributed by atoms with van der Waals surface area (Å²) in [5.74, 6) is 0. The van der Waals surface area contributed by atoms with Gasteiger partial charge in [0.05, 0.1) is 0 Å². The Morgan fingerprint density at radius 2 is 0.742 bits per heavy atom. The number of anilines is 3. The molecule has 1 nitrogen and oxygen atoms in total. The molecule has 165 valence electrons. The maximum atomic E-state index is 3.16. The number of nitrogens with zero attached hydrogens (tertiary/aromatic N) is 1. The van der Waals surface area contributed by atoms with E-state index >= 15 is 0 Å². The number of hydrogen-bond acceptors (Lipinski definition) is 1. The van der Waals surface area contributed by atoms with Gasteiger partial charge in [-0.15, -0.1) is 0 Å². The fourth-order valence-electron chi connectivity index (χ4n) is 2.11. The quantitative estimate of drug-likeness (QED) is 0.252. The molecule has 0 aliphatic carbocycles. The Bertz CT molecular complexity index is 581. The fourth-order valence-corrected chi connectivity index (χ4v) is 2.11. The second-order valence-corrected chi connectivity index (χ2v) is 5.18.